The van der Waals surface area contributed by atoms with E-state index in [9.17, 15) is 17.6 Å². The summed E-state index contributed by atoms with van der Waals surface area (Å²) in [4.78, 5) is 12.2. The van der Waals surface area contributed by atoms with Gasteiger partial charge in [0, 0.05) is 17.3 Å². The van der Waals surface area contributed by atoms with Gasteiger partial charge in [-0.1, -0.05) is 0 Å². The third kappa shape index (κ3) is 4.22. The second-order valence-corrected chi connectivity index (χ2v) is 8.38. The number of aryl methyl sites for hydroxylation is 1. The standard InChI is InChI=1S/C19H21FN2O3S/c1-12-11-17(9-10-18(12)20)26(24,25)22-16-7-5-15(6-8-16)19(23)21-13(2)14-3-4-14/h5-11,13-14,22H,3-4H2,1-2H3,(H,21,23)/t13-/m1/s1. The van der Waals surface area contributed by atoms with Crippen LogP contribution in [0.4, 0.5) is 10.1 Å². The number of hydrogen-bond acceptors (Lipinski definition) is 3. The number of hydrogen-bond donors (Lipinski definition) is 2. The molecule has 0 unspecified atom stereocenters. The lowest BCUT2D eigenvalue weighted by Crippen LogP contribution is -2.33. The van der Waals surface area contributed by atoms with Gasteiger partial charge in [0.15, 0.2) is 0 Å². The van der Waals surface area contributed by atoms with Crippen LogP contribution in [0, 0.1) is 18.7 Å². The van der Waals surface area contributed by atoms with Crippen molar-refractivity contribution in [3.8, 4) is 0 Å². The minimum atomic E-state index is -3.82. The highest BCUT2D eigenvalue weighted by Crippen LogP contribution is 2.32. The van der Waals surface area contributed by atoms with Crippen molar-refractivity contribution in [1.82, 2.24) is 5.32 Å². The molecule has 5 nitrogen and oxygen atoms in total. The third-order valence-electron chi connectivity index (χ3n) is 4.53. The average molecular weight is 376 g/mol. The van der Waals surface area contributed by atoms with Crippen LogP contribution in [0.3, 0.4) is 0 Å². The van der Waals surface area contributed by atoms with Crippen LogP contribution in [-0.2, 0) is 10.0 Å². The monoisotopic (exact) mass is 376 g/mol. The van der Waals surface area contributed by atoms with Gasteiger partial charge in [-0.25, -0.2) is 12.8 Å². The Labute approximate surface area is 152 Å². The first-order chi connectivity index (χ1) is 12.3. The maximum absolute atomic E-state index is 13.3. The first-order valence-corrected chi connectivity index (χ1v) is 9.94. The van der Waals surface area contributed by atoms with Crippen molar-refractivity contribution < 1.29 is 17.6 Å². The summed E-state index contributed by atoms with van der Waals surface area (Å²) in [5, 5.41) is 2.95. The van der Waals surface area contributed by atoms with Crippen LogP contribution >= 0.6 is 0 Å². The number of rotatable bonds is 6. The van der Waals surface area contributed by atoms with E-state index in [1.54, 1.807) is 12.1 Å². The molecule has 1 fully saturated rings. The van der Waals surface area contributed by atoms with Gasteiger partial charge in [-0.3, -0.25) is 9.52 Å². The molecule has 1 aliphatic rings. The number of sulfonamides is 1. The zero-order chi connectivity index (χ0) is 18.9. The fraction of sp³-hybridized carbons (Fsp3) is 0.316. The first-order valence-electron chi connectivity index (χ1n) is 8.46. The quantitative estimate of drug-likeness (QED) is 0.811. The topological polar surface area (TPSA) is 75.3 Å². The van der Waals surface area contributed by atoms with E-state index in [2.05, 4.69) is 10.0 Å². The highest BCUT2D eigenvalue weighted by atomic mass is 32.2. The van der Waals surface area contributed by atoms with E-state index in [0.717, 1.165) is 18.9 Å². The number of nitrogens with one attached hydrogen (secondary N) is 2. The van der Waals surface area contributed by atoms with Crippen LogP contribution in [0.2, 0.25) is 0 Å². The Balaban J connectivity index is 1.69. The average Bonchev–Trinajstić information content (AvgIpc) is 3.42. The first kappa shape index (κ1) is 18.4. The lowest BCUT2D eigenvalue weighted by atomic mass is 10.1. The van der Waals surface area contributed by atoms with Gasteiger partial charge < -0.3 is 5.32 Å². The van der Waals surface area contributed by atoms with Gasteiger partial charge in [0.05, 0.1) is 4.90 Å². The smallest absolute Gasteiger partial charge is 0.261 e. The molecule has 7 heteroatoms. The Morgan fingerprint density at radius 2 is 1.81 bits per heavy atom. The second kappa shape index (κ2) is 7.07. The number of amides is 1. The fourth-order valence-corrected chi connectivity index (χ4v) is 3.84. The zero-order valence-corrected chi connectivity index (χ0v) is 15.4. The summed E-state index contributed by atoms with van der Waals surface area (Å²) in [6.07, 6.45) is 2.29. The molecule has 0 bridgehead atoms. The maximum Gasteiger partial charge on any atom is 0.261 e. The summed E-state index contributed by atoms with van der Waals surface area (Å²) in [5.74, 6) is -0.0723. The molecule has 26 heavy (non-hydrogen) atoms. The van der Waals surface area contributed by atoms with Crippen LogP contribution < -0.4 is 10.0 Å². The maximum atomic E-state index is 13.3. The van der Waals surface area contributed by atoms with Crippen LogP contribution in [0.1, 0.15) is 35.7 Å². The third-order valence-corrected chi connectivity index (χ3v) is 5.91. The molecule has 1 saturated carbocycles. The van der Waals surface area contributed by atoms with Crippen LogP contribution in [0.5, 0.6) is 0 Å². The Bertz CT molecular complexity index is 922. The summed E-state index contributed by atoms with van der Waals surface area (Å²) in [7, 11) is -3.82. The van der Waals surface area contributed by atoms with Gasteiger partial charge in [0.1, 0.15) is 5.82 Å². The van der Waals surface area contributed by atoms with Crippen molar-refractivity contribution >= 4 is 21.6 Å². The van der Waals surface area contributed by atoms with Crippen LogP contribution in [0.15, 0.2) is 47.4 Å². The van der Waals surface area contributed by atoms with Crippen molar-refractivity contribution in [1.29, 1.82) is 0 Å². The minimum Gasteiger partial charge on any atom is -0.349 e. The minimum absolute atomic E-state index is 0.0172. The van der Waals surface area contributed by atoms with Gasteiger partial charge in [0.2, 0.25) is 0 Å². The number of halogens is 1. The van der Waals surface area contributed by atoms with Crippen molar-refractivity contribution in [2.75, 3.05) is 4.72 Å². The van der Waals surface area contributed by atoms with E-state index in [4.69, 9.17) is 0 Å². The Hall–Kier alpha value is -2.41. The molecule has 1 amide bonds. The zero-order valence-electron chi connectivity index (χ0n) is 14.6. The Morgan fingerprint density at radius 1 is 1.15 bits per heavy atom. The number of carbonyl (C=O) groups excluding carboxylic acids is 1. The molecule has 138 valence electrons. The molecule has 2 aromatic carbocycles. The van der Waals surface area contributed by atoms with Crippen LogP contribution in [0.25, 0.3) is 0 Å². The SMILES string of the molecule is Cc1cc(S(=O)(=O)Nc2ccc(C(=O)N[C@H](C)C3CC3)cc2)ccc1F. The molecule has 0 spiro atoms. The lowest BCUT2D eigenvalue weighted by molar-refractivity contribution is 0.0936. The van der Waals surface area contributed by atoms with E-state index in [1.165, 1.54) is 31.2 Å². The number of anilines is 1. The number of benzene rings is 2. The molecule has 1 aliphatic carbocycles. The molecule has 3 rings (SSSR count). The molecule has 0 radical (unpaired) electrons. The Kier molecular flexibility index (Phi) is 5.00. The van der Waals surface area contributed by atoms with E-state index < -0.39 is 15.8 Å². The molecule has 0 aromatic heterocycles. The fourth-order valence-electron chi connectivity index (χ4n) is 2.69. The normalized spacial score (nSPS) is 15.3. The highest BCUT2D eigenvalue weighted by Gasteiger charge is 2.29. The van der Waals surface area contributed by atoms with E-state index in [1.807, 2.05) is 6.92 Å². The predicted molar refractivity (Wildman–Crippen MR) is 98.0 cm³/mol. The summed E-state index contributed by atoms with van der Waals surface area (Å²) >= 11 is 0. The van der Waals surface area contributed by atoms with Crippen molar-refractivity contribution in [2.45, 2.75) is 37.6 Å². The van der Waals surface area contributed by atoms with E-state index in [0.29, 0.717) is 17.2 Å². The summed E-state index contributed by atoms with van der Waals surface area (Å²) in [6, 6.07) is 9.96. The Morgan fingerprint density at radius 3 is 2.38 bits per heavy atom. The molecule has 1 atom stereocenters. The summed E-state index contributed by atoms with van der Waals surface area (Å²) in [5.41, 5.74) is 1.06. The van der Waals surface area contributed by atoms with Crippen molar-refractivity contribution in [2.24, 2.45) is 5.92 Å². The second-order valence-electron chi connectivity index (χ2n) is 6.69. The van der Waals surface area contributed by atoms with Crippen molar-refractivity contribution in [3.05, 3.63) is 59.4 Å². The molecule has 0 saturated heterocycles. The lowest BCUT2D eigenvalue weighted by Gasteiger charge is -2.13. The van der Waals surface area contributed by atoms with Gasteiger partial charge in [-0.05, 0) is 80.6 Å². The molecule has 0 aliphatic heterocycles. The largest absolute Gasteiger partial charge is 0.349 e. The van der Waals surface area contributed by atoms with Gasteiger partial charge in [0.25, 0.3) is 15.9 Å². The van der Waals surface area contributed by atoms with Crippen LogP contribution in [-0.4, -0.2) is 20.4 Å². The van der Waals surface area contributed by atoms with E-state index in [-0.39, 0.29) is 22.4 Å². The van der Waals surface area contributed by atoms with Gasteiger partial charge in [-0.2, -0.15) is 0 Å². The highest BCUT2D eigenvalue weighted by molar-refractivity contribution is 7.92. The molecule has 0 heterocycles. The summed E-state index contributed by atoms with van der Waals surface area (Å²) < 4.78 is 40.6. The van der Waals surface area contributed by atoms with Gasteiger partial charge in [-0.15, -0.1) is 0 Å². The molecule has 2 N–H and O–H groups in total. The van der Waals surface area contributed by atoms with Crippen molar-refractivity contribution in [3.63, 3.8) is 0 Å². The predicted octanol–water partition coefficient (Wildman–Crippen LogP) is 3.46. The molecule has 2 aromatic rings. The van der Waals surface area contributed by atoms with E-state index >= 15 is 0 Å². The van der Waals surface area contributed by atoms with Gasteiger partial charge >= 0.3 is 0 Å². The molecular formula is C19H21FN2O3S. The summed E-state index contributed by atoms with van der Waals surface area (Å²) in [6.45, 7) is 3.49. The molecular weight excluding hydrogens is 355 g/mol. The number of carbonyl (C=O) groups is 1.